The minimum Gasteiger partial charge on any atom is -0.384 e. The molecule has 0 amide bonds. The predicted molar refractivity (Wildman–Crippen MR) is 96.9 cm³/mol. The Morgan fingerprint density at radius 1 is 1.00 bits per heavy atom. The molecule has 114 valence electrons. The van der Waals surface area contributed by atoms with Crippen molar-refractivity contribution in [2.24, 2.45) is 0 Å². The highest BCUT2D eigenvalue weighted by Crippen LogP contribution is 2.27. The minimum absolute atomic E-state index is 0.962. The van der Waals surface area contributed by atoms with E-state index in [-0.39, 0.29) is 0 Å². The maximum absolute atomic E-state index is 4.42. The van der Waals surface area contributed by atoms with E-state index >= 15 is 0 Å². The Hall–Kier alpha value is -1.35. The lowest BCUT2D eigenvalue weighted by molar-refractivity contribution is 0.927. The molecule has 0 fully saturated rings. The zero-order valence-corrected chi connectivity index (χ0v) is 14.7. The maximum atomic E-state index is 4.42. The van der Waals surface area contributed by atoms with Crippen LogP contribution in [0.15, 0.2) is 36.5 Å². The summed E-state index contributed by atoms with van der Waals surface area (Å²) >= 11 is 0. The van der Waals surface area contributed by atoms with Gasteiger partial charge in [0.15, 0.2) is 0 Å². The summed E-state index contributed by atoms with van der Waals surface area (Å²) in [6, 6.07) is 16.2. The van der Waals surface area contributed by atoms with Crippen LogP contribution in [0.4, 0.5) is 5.69 Å². The SMILES string of the molecule is CC[Si](CC)(CC)CCCNc1ccnc2ccccc12. The third kappa shape index (κ3) is 3.85. The molecular weight excluding hydrogens is 272 g/mol. The van der Waals surface area contributed by atoms with Crippen molar-refractivity contribution >= 4 is 24.7 Å². The fraction of sp³-hybridized carbons (Fsp3) is 0.500. The summed E-state index contributed by atoms with van der Waals surface area (Å²) in [5.41, 5.74) is 2.29. The van der Waals surface area contributed by atoms with Crippen LogP contribution in [0.2, 0.25) is 24.2 Å². The van der Waals surface area contributed by atoms with Gasteiger partial charge in [0.05, 0.1) is 13.6 Å². The first kappa shape index (κ1) is 16.0. The molecule has 0 aliphatic heterocycles. The first-order valence-corrected chi connectivity index (χ1v) is 11.1. The lowest BCUT2D eigenvalue weighted by Gasteiger charge is -2.28. The van der Waals surface area contributed by atoms with E-state index in [9.17, 15) is 0 Å². The molecule has 3 heteroatoms. The average molecular weight is 301 g/mol. The van der Waals surface area contributed by atoms with E-state index in [0.717, 1.165) is 12.1 Å². The first-order chi connectivity index (χ1) is 10.2. The van der Waals surface area contributed by atoms with E-state index in [1.54, 1.807) is 0 Å². The number of fused-ring (bicyclic) bond motifs is 1. The highest BCUT2D eigenvalue weighted by Gasteiger charge is 2.25. The number of aromatic nitrogens is 1. The molecule has 0 aliphatic rings. The third-order valence-electron chi connectivity index (χ3n) is 5.10. The Balaban J connectivity index is 1.94. The molecule has 1 aromatic carbocycles. The Bertz CT molecular complexity index is 550. The zero-order chi connectivity index (χ0) is 15.1. The molecular formula is C18H28N2Si. The van der Waals surface area contributed by atoms with Crippen molar-refractivity contribution < 1.29 is 0 Å². The van der Waals surface area contributed by atoms with Crippen LogP contribution in [0.5, 0.6) is 0 Å². The van der Waals surface area contributed by atoms with Gasteiger partial charge in [0.1, 0.15) is 0 Å². The third-order valence-corrected chi connectivity index (χ3v) is 11.0. The number of hydrogen-bond acceptors (Lipinski definition) is 2. The number of benzene rings is 1. The summed E-state index contributed by atoms with van der Waals surface area (Å²) in [6.45, 7) is 8.25. The predicted octanol–water partition coefficient (Wildman–Crippen LogP) is 5.55. The van der Waals surface area contributed by atoms with Crippen LogP contribution in [0.25, 0.3) is 10.9 Å². The van der Waals surface area contributed by atoms with Crippen LogP contribution < -0.4 is 5.32 Å². The average Bonchev–Trinajstić information content (AvgIpc) is 2.56. The van der Waals surface area contributed by atoms with E-state index in [1.807, 2.05) is 12.3 Å². The molecule has 0 aliphatic carbocycles. The van der Waals surface area contributed by atoms with Crippen LogP contribution >= 0.6 is 0 Å². The van der Waals surface area contributed by atoms with Gasteiger partial charge in [-0.2, -0.15) is 0 Å². The van der Waals surface area contributed by atoms with E-state index in [0.29, 0.717) is 0 Å². The fourth-order valence-corrected chi connectivity index (χ4v) is 6.70. The number of anilines is 1. The smallest absolute Gasteiger partial charge is 0.0722 e. The van der Waals surface area contributed by atoms with Crippen LogP contribution in [0.1, 0.15) is 27.2 Å². The van der Waals surface area contributed by atoms with Crippen LogP contribution in [0, 0.1) is 0 Å². The molecule has 0 saturated carbocycles. The second-order valence-corrected chi connectivity index (χ2v) is 11.6. The van der Waals surface area contributed by atoms with Gasteiger partial charge in [0.2, 0.25) is 0 Å². The van der Waals surface area contributed by atoms with Crippen molar-refractivity contribution in [1.82, 2.24) is 4.98 Å². The van der Waals surface area contributed by atoms with E-state index < -0.39 is 8.07 Å². The van der Waals surface area contributed by atoms with Gasteiger partial charge in [-0.15, -0.1) is 0 Å². The largest absolute Gasteiger partial charge is 0.384 e. The molecule has 21 heavy (non-hydrogen) atoms. The van der Waals surface area contributed by atoms with Crippen LogP contribution in [-0.2, 0) is 0 Å². The molecule has 0 radical (unpaired) electrons. The lowest BCUT2D eigenvalue weighted by Crippen LogP contribution is -2.31. The Labute approximate surface area is 130 Å². The standard InChI is InChI=1S/C18H28N2Si/c1-4-21(5-2,6-3)15-9-13-19-18-12-14-20-17-11-8-7-10-16(17)18/h7-8,10-12,14H,4-6,9,13,15H2,1-3H3,(H,19,20). The molecule has 2 aromatic rings. The number of para-hydroxylation sites is 1. The van der Waals surface area contributed by atoms with Crippen molar-refractivity contribution in [2.45, 2.75) is 51.4 Å². The van der Waals surface area contributed by atoms with Gasteiger partial charge < -0.3 is 5.32 Å². The summed E-state index contributed by atoms with van der Waals surface area (Å²) in [4.78, 5) is 4.42. The molecule has 0 bridgehead atoms. The molecule has 1 aromatic heterocycles. The Morgan fingerprint density at radius 3 is 2.43 bits per heavy atom. The number of nitrogens with zero attached hydrogens (tertiary/aromatic N) is 1. The zero-order valence-electron chi connectivity index (χ0n) is 13.7. The molecule has 1 N–H and O–H groups in total. The van der Waals surface area contributed by atoms with Crippen molar-refractivity contribution in [3.05, 3.63) is 36.5 Å². The summed E-state index contributed by atoms with van der Waals surface area (Å²) in [5.74, 6) is 0. The molecule has 0 unspecified atom stereocenters. The topological polar surface area (TPSA) is 24.9 Å². The first-order valence-electron chi connectivity index (χ1n) is 8.32. The number of hydrogen-bond donors (Lipinski definition) is 1. The monoisotopic (exact) mass is 300 g/mol. The Morgan fingerprint density at radius 2 is 1.71 bits per heavy atom. The van der Waals surface area contributed by atoms with Crippen molar-refractivity contribution in [3.8, 4) is 0 Å². The lowest BCUT2D eigenvalue weighted by atomic mass is 10.2. The van der Waals surface area contributed by atoms with Crippen LogP contribution in [-0.4, -0.2) is 19.6 Å². The van der Waals surface area contributed by atoms with Gasteiger partial charge in [0.25, 0.3) is 0 Å². The van der Waals surface area contributed by atoms with Gasteiger partial charge >= 0.3 is 0 Å². The van der Waals surface area contributed by atoms with Crippen LogP contribution in [0.3, 0.4) is 0 Å². The quantitative estimate of drug-likeness (QED) is 0.511. The molecule has 1 heterocycles. The van der Waals surface area contributed by atoms with E-state index in [1.165, 1.54) is 41.7 Å². The fourth-order valence-electron chi connectivity index (χ4n) is 3.22. The molecule has 0 atom stereocenters. The van der Waals surface area contributed by atoms with Crippen molar-refractivity contribution in [2.75, 3.05) is 11.9 Å². The Kier molecular flexibility index (Phi) is 5.80. The molecule has 0 spiro atoms. The summed E-state index contributed by atoms with van der Waals surface area (Å²) in [5, 5.41) is 4.84. The minimum atomic E-state index is -0.962. The highest BCUT2D eigenvalue weighted by molar-refractivity contribution is 6.79. The summed E-state index contributed by atoms with van der Waals surface area (Å²) in [7, 11) is -0.962. The van der Waals surface area contributed by atoms with Gasteiger partial charge in [-0.05, 0) is 18.6 Å². The number of rotatable bonds is 8. The normalized spacial score (nSPS) is 11.8. The van der Waals surface area contributed by atoms with Gasteiger partial charge in [-0.3, -0.25) is 4.98 Å². The maximum Gasteiger partial charge on any atom is 0.0722 e. The number of nitrogens with one attached hydrogen (secondary N) is 1. The van der Waals surface area contributed by atoms with Gasteiger partial charge in [-0.1, -0.05) is 63.1 Å². The van der Waals surface area contributed by atoms with Crippen molar-refractivity contribution in [3.63, 3.8) is 0 Å². The van der Waals surface area contributed by atoms with E-state index in [4.69, 9.17) is 0 Å². The van der Waals surface area contributed by atoms with Gasteiger partial charge in [0, 0.05) is 23.8 Å². The molecule has 0 saturated heterocycles. The highest BCUT2D eigenvalue weighted by atomic mass is 28.3. The molecule has 2 nitrogen and oxygen atoms in total. The second kappa shape index (κ2) is 7.60. The molecule has 2 rings (SSSR count). The van der Waals surface area contributed by atoms with E-state index in [2.05, 4.69) is 55.3 Å². The summed E-state index contributed by atoms with van der Waals surface area (Å²) in [6.07, 6.45) is 3.19. The van der Waals surface area contributed by atoms with Gasteiger partial charge in [-0.25, -0.2) is 0 Å². The second-order valence-electron chi connectivity index (χ2n) is 5.97. The number of pyridine rings is 1. The van der Waals surface area contributed by atoms with Crippen molar-refractivity contribution in [1.29, 1.82) is 0 Å². The summed E-state index contributed by atoms with van der Waals surface area (Å²) < 4.78 is 0.